The fourth-order valence-corrected chi connectivity index (χ4v) is 1.76. The molecule has 0 saturated carbocycles. The van der Waals surface area contributed by atoms with Crippen molar-refractivity contribution >= 4 is 23.2 Å². The Hall–Kier alpha value is -2.64. The fraction of sp³-hybridized carbons (Fsp3) is 0.333. The number of ether oxygens (including phenoxy) is 2. The molecule has 0 heterocycles. The van der Waals surface area contributed by atoms with Crippen LogP contribution in [0.15, 0.2) is 12.1 Å². The topological polar surface area (TPSA) is 134 Å². The van der Waals surface area contributed by atoms with Crippen molar-refractivity contribution < 1.29 is 19.1 Å². The number of primary amides is 2. The van der Waals surface area contributed by atoms with E-state index in [1.807, 2.05) is 0 Å². The lowest BCUT2D eigenvalue weighted by Gasteiger charge is -2.24. The number of hydrogen-bond donors (Lipinski definition) is 3. The highest BCUT2D eigenvalue weighted by molar-refractivity contribution is 5.87. The van der Waals surface area contributed by atoms with Crippen molar-refractivity contribution in [1.29, 1.82) is 0 Å². The molecule has 1 aromatic carbocycles. The molecule has 0 radical (unpaired) electrons. The average molecular weight is 282 g/mol. The van der Waals surface area contributed by atoms with E-state index in [1.165, 1.54) is 25.2 Å². The number of amides is 2. The molecule has 1 aromatic rings. The van der Waals surface area contributed by atoms with Gasteiger partial charge < -0.3 is 31.6 Å². The molecule has 1 rings (SSSR count). The number of nitrogen functional groups attached to an aromatic ring is 1. The van der Waals surface area contributed by atoms with Crippen molar-refractivity contribution in [2.45, 2.75) is 0 Å². The molecule has 0 aromatic heterocycles. The molecule has 20 heavy (non-hydrogen) atoms. The fourth-order valence-electron chi connectivity index (χ4n) is 1.76. The molecule has 0 spiro atoms. The summed E-state index contributed by atoms with van der Waals surface area (Å²) in [6.07, 6.45) is 0. The standard InChI is InChI=1S/C12H18N4O4/c1-19-9-3-7(13)8(4-10(9)20-2)16(5-11(14)17)6-12(15)18/h3-4H,5-6,13H2,1-2H3,(H2,14,17)(H2,15,18). The Morgan fingerprint density at radius 3 is 1.90 bits per heavy atom. The summed E-state index contributed by atoms with van der Waals surface area (Å²) in [5, 5.41) is 0. The highest BCUT2D eigenvalue weighted by Crippen LogP contribution is 2.36. The predicted octanol–water partition coefficient (Wildman–Crippen LogP) is -0.937. The van der Waals surface area contributed by atoms with E-state index in [9.17, 15) is 9.59 Å². The van der Waals surface area contributed by atoms with Gasteiger partial charge >= 0.3 is 0 Å². The summed E-state index contributed by atoms with van der Waals surface area (Å²) < 4.78 is 10.3. The average Bonchev–Trinajstić information content (AvgIpc) is 2.36. The second kappa shape index (κ2) is 6.50. The first kappa shape index (κ1) is 15.4. The highest BCUT2D eigenvalue weighted by atomic mass is 16.5. The van der Waals surface area contributed by atoms with Gasteiger partial charge in [-0.3, -0.25) is 9.59 Å². The third kappa shape index (κ3) is 3.67. The van der Waals surface area contributed by atoms with E-state index >= 15 is 0 Å². The summed E-state index contributed by atoms with van der Waals surface area (Å²) in [5.41, 5.74) is 16.9. The van der Waals surface area contributed by atoms with Crippen LogP contribution in [0.25, 0.3) is 0 Å². The number of methoxy groups -OCH3 is 2. The number of carbonyl (C=O) groups excluding carboxylic acids is 2. The van der Waals surface area contributed by atoms with Crippen molar-refractivity contribution in [2.75, 3.05) is 37.9 Å². The van der Waals surface area contributed by atoms with Gasteiger partial charge in [0.05, 0.1) is 38.7 Å². The van der Waals surface area contributed by atoms with E-state index in [2.05, 4.69) is 0 Å². The molecule has 6 N–H and O–H groups in total. The first-order valence-electron chi connectivity index (χ1n) is 5.72. The third-order valence-electron chi connectivity index (χ3n) is 2.57. The van der Waals surface area contributed by atoms with Gasteiger partial charge in [0.25, 0.3) is 0 Å². The van der Waals surface area contributed by atoms with Gasteiger partial charge in [-0.2, -0.15) is 0 Å². The van der Waals surface area contributed by atoms with E-state index in [0.29, 0.717) is 22.9 Å². The molecule has 0 aliphatic heterocycles. The Bertz CT molecular complexity index is 502. The van der Waals surface area contributed by atoms with E-state index in [1.54, 1.807) is 6.07 Å². The summed E-state index contributed by atoms with van der Waals surface area (Å²) in [6.45, 7) is -0.384. The van der Waals surface area contributed by atoms with Crippen LogP contribution >= 0.6 is 0 Å². The number of nitrogens with zero attached hydrogens (tertiary/aromatic N) is 1. The molecule has 8 heteroatoms. The van der Waals surface area contributed by atoms with E-state index in [0.717, 1.165) is 0 Å². The summed E-state index contributed by atoms with van der Waals surface area (Å²) in [4.78, 5) is 23.5. The molecule has 0 atom stereocenters. The van der Waals surface area contributed by atoms with Crippen molar-refractivity contribution in [3.05, 3.63) is 12.1 Å². The summed E-state index contributed by atoms with van der Waals surface area (Å²) in [6, 6.07) is 3.09. The number of nitrogens with two attached hydrogens (primary N) is 3. The third-order valence-corrected chi connectivity index (χ3v) is 2.57. The van der Waals surface area contributed by atoms with Gasteiger partial charge in [0.1, 0.15) is 0 Å². The summed E-state index contributed by atoms with van der Waals surface area (Å²) in [5.74, 6) is -0.372. The molecule has 2 amide bonds. The molecule has 0 aliphatic rings. The summed E-state index contributed by atoms with van der Waals surface area (Å²) >= 11 is 0. The first-order chi connectivity index (χ1) is 9.38. The van der Waals surface area contributed by atoms with Crippen LogP contribution in [0, 0.1) is 0 Å². The van der Waals surface area contributed by atoms with Gasteiger partial charge in [0.15, 0.2) is 11.5 Å². The predicted molar refractivity (Wildman–Crippen MR) is 74.6 cm³/mol. The van der Waals surface area contributed by atoms with Crippen molar-refractivity contribution in [2.24, 2.45) is 11.5 Å². The minimum Gasteiger partial charge on any atom is -0.493 e. The minimum atomic E-state index is -0.611. The zero-order valence-electron chi connectivity index (χ0n) is 11.4. The molecule has 110 valence electrons. The van der Waals surface area contributed by atoms with E-state index in [-0.39, 0.29) is 13.1 Å². The van der Waals surface area contributed by atoms with Crippen molar-refractivity contribution in [3.63, 3.8) is 0 Å². The van der Waals surface area contributed by atoms with Gasteiger partial charge in [0, 0.05) is 12.1 Å². The van der Waals surface area contributed by atoms with E-state index in [4.69, 9.17) is 26.7 Å². The van der Waals surface area contributed by atoms with Crippen LogP contribution in [-0.2, 0) is 9.59 Å². The lowest BCUT2D eigenvalue weighted by atomic mass is 10.2. The van der Waals surface area contributed by atoms with Crippen LogP contribution in [0.3, 0.4) is 0 Å². The maximum Gasteiger partial charge on any atom is 0.236 e. The molecular weight excluding hydrogens is 264 g/mol. The molecule has 0 fully saturated rings. The Morgan fingerprint density at radius 2 is 1.50 bits per heavy atom. The maximum absolute atomic E-state index is 11.1. The SMILES string of the molecule is COc1cc(N)c(N(CC(N)=O)CC(N)=O)cc1OC. The number of carbonyl (C=O) groups is 2. The molecule has 0 saturated heterocycles. The second-order valence-corrected chi connectivity index (χ2v) is 4.05. The normalized spacial score (nSPS) is 9.90. The Kier molecular flexibility index (Phi) is 5.01. The van der Waals surface area contributed by atoms with Crippen molar-refractivity contribution in [3.8, 4) is 11.5 Å². The van der Waals surface area contributed by atoms with Crippen LogP contribution < -0.4 is 31.6 Å². The van der Waals surface area contributed by atoms with Crippen LogP contribution in [0.1, 0.15) is 0 Å². The number of rotatable bonds is 7. The van der Waals surface area contributed by atoms with Crippen LogP contribution in [-0.4, -0.2) is 39.1 Å². The largest absolute Gasteiger partial charge is 0.493 e. The second-order valence-electron chi connectivity index (χ2n) is 4.05. The Labute approximate surface area is 116 Å². The lowest BCUT2D eigenvalue weighted by molar-refractivity contribution is -0.117. The molecule has 8 nitrogen and oxygen atoms in total. The molecular formula is C12H18N4O4. The van der Waals surface area contributed by atoms with Gasteiger partial charge in [-0.15, -0.1) is 0 Å². The zero-order valence-corrected chi connectivity index (χ0v) is 11.4. The Balaban J connectivity index is 3.24. The van der Waals surface area contributed by atoms with Gasteiger partial charge in [0.2, 0.25) is 11.8 Å². The van der Waals surface area contributed by atoms with Gasteiger partial charge in [-0.25, -0.2) is 0 Å². The van der Waals surface area contributed by atoms with Crippen LogP contribution in [0.4, 0.5) is 11.4 Å². The van der Waals surface area contributed by atoms with Gasteiger partial charge in [-0.05, 0) is 0 Å². The number of hydrogen-bond acceptors (Lipinski definition) is 6. The molecule has 0 aliphatic carbocycles. The lowest BCUT2D eigenvalue weighted by Crippen LogP contribution is -2.40. The smallest absolute Gasteiger partial charge is 0.236 e. The maximum atomic E-state index is 11.1. The number of benzene rings is 1. The zero-order chi connectivity index (χ0) is 15.3. The van der Waals surface area contributed by atoms with E-state index < -0.39 is 11.8 Å². The highest BCUT2D eigenvalue weighted by Gasteiger charge is 2.18. The molecule has 0 bridgehead atoms. The van der Waals surface area contributed by atoms with Crippen molar-refractivity contribution in [1.82, 2.24) is 0 Å². The quantitative estimate of drug-likeness (QED) is 0.553. The molecule has 0 unspecified atom stereocenters. The van der Waals surface area contributed by atoms with Crippen LogP contribution in [0.2, 0.25) is 0 Å². The van der Waals surface area contributed by atoms with Gasteiger partial charge in [-0.1, -0.05) is 0 Å². The number of anilines is 2. The van der Waals surface area contributed by atoms with Crippen LogP contribution in [0.5, 0.6) is 11.5 Å². The summed E-state index contributed by atoms with van der Waals surface area (Å²) in [7, 11) is 2.94. The monoisotopic (exact) mass is 282 g/mol. The minimum absolute atomic E-state index is 0.192. The first-order valence-corrected chi connectivity index (χ1v) is 5.72. The Morgan fingerprint density at radius 1 is 1.05 bits per heavy atom.